The van der Waals surface area contributed by atoms with Gasteiger partial charge in [0.15, 0.2) is 5.03 Å². The van der Waals surface area contributed by atoms with Crippen molar-refractivity contribution in [3.63, 3.8) is 0 Å². The van der Waals surface area contributed by atoms with Crippen molar-refractivity contribution in [2.75, 3.05) is 49.2 Å². The van der Waals surface area contributed by atoms with E-state index in [0.717, 1.165) is 18.8 Å². The maximum atomic E-state index is 13.8. The highest BCUT2D eigenvalue weighted by atomic mass is 32.2. The summed E-state index contributed by atoms with van der Waals surface area (Å²) in [5, 5.41) is -0.00625. The SMILES string of the molecule is Cc1ccc(C)c(N2CCN(C(=O)C3CN(S(=O)(=O)c4ccccn4)CN3c3ccccc3)CC2)c1. The Kier molecular flexibility index (Phi) is 6.68. The van der Waals surface area contributed by atoms with Crippen molar-refractivity contribution in [3.05, 3.63) is 84.1 Å². The molecular formula is C27H31N5O3S. The second kappa shape index (κ2) is 9.91. The number of sulfonamides is 1. The third kappa shape index (κ3) is 4.68. The molecular weight excluding hydrogens is 474 g/mol. The van der Waals surface area contributed by atoms with Gasteiger partial charge in [-0.15, -0.1) is 0 Å². The molecule has 9 heteroatoms. The minimum atomic E-state index is -3.83. The van der Waals surface area contributed by atoms with Crippen LogP contribution in [0.2, 0.25) is 0 Å². The summed E-state index contributed by atoms with van der Waals surface area (Å²) in [5.41, 5.74) is 4.47. The molecule has 188 valence electrons. The molecule has 36 heavy (non-hydrogen) atoms. The predicted octanol–water partition coefficient (Wildman–Crippen LogP) is 2.88. The smallest absolute Gasteiger partial charge is 0.262 e. The zero-order valence-corrected chi connectivity index (χ0v) is 21.4. The Morgan fingerprint density at radius 3 is 2.33 bits per heavy atom. The van der Waals surface area contributed by atoms with Crippen LogP contribution in [-0.4, -0.2) is 73.9 Å². The topological polar surface area (TPSA) is 77.1 Å². The van der Waals surface area contributed by atoms with Gasteiger partial charge in [0.1, 0.15) is 6.04 Å². The van der Waals surface area contributed by atoms with Gasteiger partial charge in [0.2, 0.25) is 5.91 Å². The molecule has 0 aliphatic carbocycles. The number of carbonyl (C=O) groups is 1. The molecule has 8 nitrogen and oxygen atoms in total. The van der Waals surface area contributed by atoms with Crippen LogP contribution in [0.3, 0.4) is 0 Å². The van der Waals surface area contributed by atoms with E-state index in [2.05, 4.69) is 41.9 Å². The van der Waals surface area contributed by atoms with E-state index in [1.54, 1.807) is 12.1 Å². The number of amides is 1. The minimum Gasteiger partial charge on any atom is -0.368 e. The van der Waals surface area contributed by atoms with Gasteiger partial charge in [-0.05, 0) is 55.3 Å². The van der Waals surface area contributed by atoms with Crippen LogP contribution >= 0.6 is 0 Å². The Balaban J connectivity index is 1.35. The van der Waals surface area contributed by atoms with Crippen molar-refractivity contribution >= 4 is 27.3 Å². The molecule has 1 aromatic heterocycles. The lowest BCUT2D eigenvalue weighted by molar-refractivity contribution is -0.132. The molecule has 0 N–H and O–H groups in total. The zero-order chi connectivity index (χ0) is 25.3. The van der Waals surface area contributed by atoms with E-state index in [1.165, 1.54) is 33.4 Å². The molecule has 2 aliphatic heterocycles. The fraction of sp³-hybridized carbons (Fsp3) is 0.333. The van der Waals surface area contributed by atoms with Crippen LogP contribution in [0, 0.1) is 13.8 Å². The summed E-state index contributed by atoms with van der Waals surface area (Å²) in [5.74, 6) is -0.0433. The number of carbonyl (C=O) groups excluding carboxylic acids is 1. The number of para-hydroxylation sites is 1. The van der Waals surface area contributed by atoms with E-state index < -0.39 is 16.1 Å². The van der Waals surface area contributed by atoms with Crippen LogP contribution in [0.1, 0.15) is 11.1 Å². The van der Waals surface area contributed by atoms with Crippen molar-refractivity contribution in [3.8, 4) is 0 Å². The van der Waals surface area contributed by atoms with Crippen LogP contribution in [0.15, 0.2) is 78.0 Å². The summed E-state index contributed by atoms with van der Waals surface area (Å²) >= 11 is 0. The first-order valence-electron chi connectivity index (χ1n) is 12.2. The van der Waals surface area contributed by atoms with Gasteiger partial charge in [0.05, 0.1) is 6.67 Å². The number of benzene rings is 2. The van der Waals surface area contributed by atoms with Gasteiger partial charge in [-0.3, -0.25) is 4.79 Å². The number of pyridine rings is 1. The molecule has 0 radical (unpaired) electrons. The largest absolute Gasteiger partial charge is 0.368 e. The van der Waals surface area contributed by atoms with E-state index in [-0.39, 0.29) is 24.1 Å². The highest BCUT2D eigenvalue weighted by Crippen LogP contribution is 2.29. The normalized spacial score (nSPS) is 19.1. The minimum absolute atomic E-state index is 0.00625. The molecule has 0 saturated carbocycles. The molecule has 0 bridgehead atoms. The first-order chi connectivity index (χ1) is 17.3. The number of hydrogen-bond acceptors (Lipinski definition) is 6. The number of anilines is 2. The Morgan fingerprint density at radius 2 is 1.64 bits per heavy atom. The van der Waals surface area contributed by atoms with Crippen molar-refractivity contribution in [1.29, 1.82) is 0 Å². The van der Waals surface area contributed by atoms with E-state index in [9.17, 15) is 13.2 Å². The lowest BCUT2D eigenvalue weighted by Crippen LogP contribution is -2.54. The van der Waals surface area contributed by atoms with Crippen molar-refractivity contribution in [1.82, 2.24) is 14.2 Å². The van der Waals surface area contributed by atoms with Crippen molar-refractivity contribution in [2.45, 2.75) is 24.9 Å². The van der Waals surface area contributed by atoms with Gasteiger partial charge in [0.25, 0.3) is 10.0 Å². The van der Waals surface area contributed by atoms with Gasteiger partial charge in [-0.1, -0.05) is 36.4 Å². The third-order valence-corrected chi connectivity index (χ3v) is 8.69. The molecule has 1 atom stereocenters. The molecule has 1 unspecified atom stereocenters. The summed E-state index contributed by atoms with van der Waals surface area (Å²) in [6.45, 7) is 7.06. The van der Waals surface area contributed by atoms with Crippen LogP contribution in [0.4, 0.5) is 11.4 Å². The first kappa shape index (κ1) is 24.3. The maximum Gasteiger partial charge on any atom is 0.262 e. The second-order valence-electron chi connectivity index (χ2n) is 9.37. The van der Waals surface area contributed by atoms with Gasteiger partial charge >= 0.3 is 0 Å². The van der Waals surface area contributed by atoms with E-state index in [1.807, 2.05) is 40.1 Å². The van der Waals surface area contributed by atoms with E-state index >= 15 is 0 Å². The second-order valence-corrected chi connectivity index (χ2v) is 11.3. The van der Waals surface area contributed by atoms with Crippen LogP contribution in [0.5, 0.6) is 0 Å². The molecule has 3 heterocycles. The molecule has 0 spiro atoms. The lowest BCUT2D eigenvalue weighted by atomic mass is 10.1. The molecule has 2 fully saturated rings. The Morgan fingerprint density at radius 1 is 0.917 bits per heavy atom. The average Bonchev–Trinajstić information content (AvgIpc) is 3.37. The molecule has 2 aromatic carbocycles. The summed E-state index contributed by atoms with van der Waals surface area (Å²) in [6.07, 6.45) is 1.47. The Hall–Kier alpha value is -3.43. The van der Waals surface area contributed by atoms with Crippen molar-refractivity contribution in [2.24, 2.45) is 0 Å². The standard InChI is InChI=1S/C27H31N5O3S/c1-21-11-12-22(2)24(18-21)29-14-16-30(17-15-29)27(33)25-19-31(20-32(25)23-8-4-3-5-9-23)36(34,35)26-10-6-7-13-28-26/h3-13,18,25H,14-17,19-20H2,1-2H3. The average molecular weight is 506 g/mol. The van der Waals surface area contributed by atoms with Gasteiger partial charge in [-0.2, -0.15) is 4.31 Å². The quantitative estimate of drug-likeness (QED) is 0.531. The fourth-order valence-corrected chi connectivity index (χ4v) is 6.28. The number of aryl methyl sites for hydroxylation is 2. The summed E-state index contributed by atoms with van der Waals surface area (Å²) in [6, 6.07) is 20.2. The number of hydrogen-bond donors (Lipinski definition) is 0. The third-order valence-electron chi connectivity index (χ3n) is 6.97. The summed E-state index contributed by atoms with van der Waals surface area (Å²) in [4.78, 5) is 23.9. The molecule has 5 rings (SSSR count). The molecule has 2 saturated heterocycles. The highest BCUT2D eigenvalue weighted by Gasteiger charge is 2.43. The number of aromatic nitrogens is 1. The van der Waals surface area contributed by atoms with Crippen LogP contribution < -0.4 is 9.80 Å². The number of nitrogens with zero attached hydrogens (tertiary/aromatic N) is 5. The van der Waals surface area contributed by atoms with Crippen molar-refractivity contribution < 1.29 is 13.2 Å². The number of piperazine rings is 1. The van der Waals surface area contributed by atoms with Gasteiger partial charge in [-0.25, -0.2) is 13.4 Å². The lowest BCUT2D eigenvalue weighted by Gasteiger charge is -2.39. The van der Waals surface area contributed by atoms with E-state index in [4.69, 9.17) is 0 Å². The van der Waals surface area contributed by atoms with Gasteiger partial charge in [0, 0.05) is 50.3 Å². The maximum absolute atomic E-state index is 13.8. The van der Waals surface area contributed by atoms with Crippen LogP contribution in [-0.2, 0) is 14.8 Å². The fourth-order valence-electron chi connectivity index (χ4n) is 4.95. The van der Waals surface area contributed by atoms with Crippen LogP contribution in [0.25, 0.3) is 0 Å². The number of rotatable bonds is 5. The predicted molar refractivity (Wildman–Crippen MR) is 140 cm³/mol. The Bertz CT molecular complexity index is 1330. The highest BCUT2D eigenvalue weighted by molar-refractivity contribution is 7.89. The summed E-state index contributed by atoms with van der Waals surface area (Å²) in [7, 11) is -3.83. The molecule has 2 aliphatic rings. The molecule has 3 aromatic rings. The Labute approximate surface area is 212 Å². The summed E-state index contributed by atoms with van der Waals surface area (Å²) < 4.78 is 28.0. The zero-order valence-electron chi connectivity index (χ0n) is 20.6. The van der Waals surface area contributed by atoms with E-state index in [0.29, 0.717) is 13.1 Å². The monoisotopic (exact) mass is 505 g/mol. The van der Waals surface area contributed by atoms with Gasteiger partial charge < -0.3 is 14.7 Å². The molecule has 1 amide bonds. The first-order valence-corrected chi connectivity index (χ1v) is 13.6.